The fraction of sp³-hybridized carbons (Fsp3) is 0.222. The van der Waals surface area contributed by atoms with Crippen molar-refractivity contribution in [3.63, 3.8) is 0 Å². The Hall–Kier alpha value is -2.62. The number of carbonyl (C=O) groups is 2. The summed E-state index contributed by atoms with van der Waals surface area (Å²) in [6, 6.07) is 14.7. The zero-order valence-corrected chi connectivity index (χ0v) is 12.6. The van der Waals surface area contributed by atoms with Crippen LogP contribution in [0.2, 0.25) is 0 Å². The highest BCUT2D eigenvalue weighted by Gasteiger charge is 2.09. The van der Waals surface area contributed by atoms with Crippen molar-refractivity contribution < 1.29 is 9.59 Å². The molecule has 0 aliphatic rings. The number of benzene rings is 2. The average Bonchev–Trinajstić information content (AvgIpc) is 2.53. The number of amides is 2. The summed E-state index contributed by atoms with van der Waals surface area (Å²) >= 11 is 0. The molecule has 0 saturated carbocycles. The first-order valence-corrected chi connectivity index (χ1v) is 7.36. The summed E-state index contributed by atoms with van der Waals surface area (Å²) in [4.78, 5) is 23.3. The van der Waals surface area contributed by atoms with E-state index in [1.807, 2.05) is 31.2 Å². The molecule has 0 radical (unpaired) electrons. The van der Waals surface area contributed by atoms with Crippen molar-refractivity contribution >= 4 is 11.8 Å². The second-order valence-electron chi connectivity index (χ2n) is 5.15. The van der Waals surface area contributed by atoms with E-state index < -0.39 is 5.91 Å². The van der Waals surface area contributed by atoms with E-state index >= 15 is 0 Å². The molecule has 0 unspecified atom stereocenters. The Morgan fingerprint density at radius 3 is 2.36 bits per heavy atom. The summed E-state index contributed by atoms with van der Waals surface area (Å²) in [5.41, 5.74) is 8.48. The van der Waals surface area contributed by atoms with Crippen LogP contribution in [0.1, 0.15) is 45.2 Å². The van der Waals surface area contributed by atoms with Gasteiger partial charge in [-0.3, -0.25) is 9.59 Å². The molecule has 4 nitrogen and oxygen atoms in total. The van der Waals surface area contributed by atoms with E-state index in [0.29, 0.717) is 24.1 Å². The van der Waals surface area contributed by atoms with E-state index in [0.717, 1.165) is 17.5 Å². The van der Waals surface area contributed by atoms with Crippen molar-refractivity contribution in [2.24, 2.45) is 5.73 Å². The van der Waals surface area contributed by atoms with Gasteiger partial charge in [-0.05, 0) is 42.2 Å². The van der Waals surface area contributed by atoms with Crippen LogP contribution in [0.25, 0.3) is 0 Å². The summed E-state index contributed by atoms with van der Waals surface area (Å²) in [5, 5.41) is 2.84. The zero-order valence-electron chi connectivity index (χ0n) is 12.6. The molecule has 4 heteroatoms. The van der Waals surface area contributed by atoms with Crippen molar-refractivity contribution in [1.82, 2.24) is 5.32 Å². The van der Waals surface area contributed by atoms with Gasteiger partial charge in [0.1, 0.15) is 0 Å². The van der Waals surface area contributed by atoms with Crippen LogP contribution in [0.3, 0.4) is 0 Å². The maximum absolute atomic E-state index is 11.8. The van der Waals surface area contributed by atoms with Gasteiger partial charge in [-0.1, -0.05) is 37.3 Å². The Balaban J connectivity index is 2.12. The summed E-state index contributed by atoms with van der Waals surface area (Å²) in [6.45, 7) is 2.69. The molecular formula is C18H20N2O2. The molecule has 0 aliphatic carbocycles. The quantitative estimate of drug-likeness (QED) is 0.859. The van der Waals surface area contributed by atoms with Crippen LogP contribution >= 0.6 is 0 Å². The Kier molecular flexibility index (Phi) is 5.31. The minimum absolute atomic E-state index is 0.0639. The van der Waals surface area contributed by atoms with E-state index in [1.165, 1.54) is 0 Å². The van der Waals surface area contributed by atoms with Crippen LogP contribution in [0.15, 0.2) is 48.5 Å². The van der Waals surface area contributed by atoms with Gasteiger partial charge in [-0.2, -0.15) is 0 Å². The van der Waals surface area contributed by atoms with Crippen LogP contribution < -0.4 is 11.1 Å². The number of nitrogens with one attached hydrogen (secondary N) is 1. The molecule has 3 N–H and O–H groups in total. The SMILES string of the molecule is CCCNC(=O)c1ccc(Cc2ccccc2C(N)=O)cc1. The Labute approximate surface area is 130 Å². The predicted octanol–water partition coefficient (Wildman–Crippen LogP) is 2.52. The molecule has 114 valence electrons. The molecule has 0 fully saturated rings. The van der Waals surface area contributed by atoms with Gasteiger partial charge in [0, 0.05) is 17.7 Å². The lowest BCUT2D eigenvalue weighted by molar-refractivity contribution is 0.0952. The number of hydrogen-bond donors (Lipinski definition) is 2. The number of nitrogens with two attached hydrogens (primary N) is 1. The lowest BCUT2D eigenvalue weighted by Crippen LogP contribution is -2.23. The smallest absolute Gasteiger partial charge is 0.251 e. The van der Waals surface area contributed by atoms with Gasteiger partial charge in [0.05, 0.1) is 0 Å². The third-order valence-electron chi connectivity index (χ3n) is 3.43. The fourth-order valence-corrected chi connectivity index (χ4v) is 2.25. The molecule has 0 aliphatic heterocycles. The number of primary amides is 1. The zero-order chi connectivity index (χ0) is 15.9. The largest absolute Gasteiger partial charge is 0.366 e. The molecule has 2 amide bonds. The second-order valence-corrected chi connectivity index (χ2v) is 5.15. The first-order chi connectivity index (χ1) is 10.6. The Morgan fingerprint density at radius 1 is 1.05 bits per heavy atom. The maximum Gasteiger partial charge on any atom is 0.251 e. The summed E-state index contributed by atoms with van der Waals surface area (Å²) < 4.78 is 0. The van der Waals surface area contributed by atoms with Gasteiger partial charge in [0.25, 0.3) is 5.91 Å². The van der Waals surface area contributed by atoms with E-state index in [9.17, 15) is 9.59 Å². The number of rotatable bonds is 6. The standard InChI is InChI=1S/C18H20N2O2/c1-2-11-20-18(22)14-9-7-13(8-10-14)12-15-5-3-4-6-16(15)17(19)21/h3-10H,2,11-12H2,1H3,(H2,19,21)(H,20,22). The van der Waals surface area contributed by atoms with Crippen LogP contribution in [-0.4, -0.2) is 18.4 Å². The first-order valence-electron chi connectivity index (χ1n) is 7.36. The van der Waals surface area contributed by atoms with Crippen LogP contribution in [0, 0.1) is 0 Å². The third kappa shape index (κ3) is 3.95. The van der Waals surface area contributed by atoms with Crippen molar-refractivity contribution in [2.75, 3.05) is 6.54 Å². The maximum atomic E-state index is 11.8. The summed E-state index contributed by atoms with van der Waals surface area (Å²) in [7, 11) is 0. The van der Waals surface area contributed by atoms with Crippen LogP contribution in [0.5, 0.6) is 0 Å². The molecular weight excluding hydrogens is 276 g/mol. The molecule has 22 heavy (non-hydrogen) atoms. The monoisotopic (exact) mass is 296 g/mol. The van der Waals surface area contributed by atoms with E-state index in [1.54, 1.807) is 24.3 Å². The van der Waals surface area contributed by atoms with Crippen molar-refractivity contribution in [3.8, 4) is 0 Å². The van der Waals surface area contributed by atoms with Crippen molar-refractivity contribution in [3.05, 3.63) is 70.8 Å². The van der Waals surface area contributed by atoms with E-state index in [2.05, 4.69) is 5.32 Å². The normalized spacial score (nSPS) is 10.2. The Bertz CT molecular complexity index is 663. The number of carbonyl (C=O) groups excluding carboxylic acids is 2. The summed E-state index contributed by atoms with van der Waals surface area (Å²) in [5.74, 6) is -0.489. The minimum Gasteiger partial charge on any atom is -0.366 e. The van der Waals surface area contributed by atoms with Gasteiger partial charge in [0.15, 0.2) is 0 Å². The second kappa shape index (κ2) is 7.41. The molecule has 2 aromatic carbocycles. The predicted molar refractivity (Wildman–Crippen MR) is 86.8 cm³/mol. The highest BCUT2D eigenvalue weighted by molar-refractivity contribution is 5.95. The topological polar surface area (TPSA) is 72.2 Å². The number of hydrogen-bond acceptors (Lipinski definition) is 2. The molecule has 0 spiro atoms. The molecule has 2 rings (SSSR count). The average molecular weight is 296 g/mol. The molecule has 2 aromatic rings. The molecule has 0 heterocycles. The lowest BCUT2D eigenvalue weighted by atomic mass is 9.98. The van der Waals surface area contributed by atoms with E-state index in [-0.39, 0.29) is 5.91 Å². The third-order valence-corrected chi connectivity index (χ3v) is 3.43. The van der Waals surface area contributed by atoms with Gasteiger partial charge >= 0.3 is 0 Å². The first kappa shape index (κ1) is 15.8. The van der Waals surface area contributed by atoms with E-state index in [4.69, 9.17) is 5.73 Å². The molecule has 0 aromatic heterocycles. The molecule has 0 bridgehead atoms. The highest BCUT2D eigenvalue weighted by Crippen LogP contribution is 2.15. The highest BCUT2D eigenvalue weighted by atomic mass is 16.2. The minimum atomic E-state index is -0.425. The van der Waals surface area contributed by atoms with Crippen molar-refractivity contribution in [2.45, 2.75) is 19.8 Å². The Morgan fingerprint density at radius 2 is 1.73 bits per heavy atom. The molecule has 0 atom stereocenters. The van der Waals surface area contributed by atoms with Gasteiger partial charge in [0.2, 0.25) is 5.91 Å². The van der Waals surface area contributed by atoms with Crippen LogP contribution in [-0.2, 0) is 6.42 Å². The molecule has 0 saturated heterocycles. The van der Waals surface area contributed by atoms with Crippen LogP contribution in [0.4, 0.5) is 0 Å². The van der Waals surface area contributed by atoms with Crippen molar-refractivity contribution in [1.29, 1.82) is 0 Å². The summed E-state index contributed by atoms with van der Waals surface area (Å²) in [6.07, 6.45) is 1.52. The fourth-order valence-electron chi connectivity index (χ4n) is 2.25. The van der Waals surface area contributed by atoms with Gasteiger partial charge in [-0.25, -0.2) is 0 Å². The van der Waals surface area contributed by atoms with Gasteiger partial charge in [-0.15, -0.1) is 0 Å². The van der Waals surface area contributed by atoms with Gasteiger partial charge < -0.3 is 11.1 Å². The lowest BCUT2D eigenvalue weighted by Gasteiger charge is -2.08.